The first-order valence-corrected chi connectivity index (χ1v) is 7.03. The minimum atomic E-state index is -0.744. The van der Waals surface area contributed by atoms with Crippen LogP contribution < -0.4 is 15.8 Å². The molecule has 0 aliphatic heterocycles. The van der Waals surface area contributed by atoms with Crippen LogP contribution in [-0.4, -0.2) is 17.9 Å². The Morgan fingerprint density at radius 3 is 2.52 bits per heavy atom. The Labute approximate surface area is 133 Å². The van der Waals surface area contributed by atoms with E-state index in [2.05, 4.69) is 5.32 Å². The maximum Gasteiger partial charge on any atom is 0.251 e. The molecule has 0 radical (unpaired) electrons. The van der Waals surface area contributed by atoms with Crippen LogP contribution in [0.25, 0.3) is 0 Å². The summed E-state index contributed by atoms with van der Waals surface area (Å²) in [7, 11) is 0. The third-order valence-electron chi connectivity index (χ3n) is 3.19. The SMILES string of the molecule is C[C@H](NC(=O)c1ccc(OCc2cccc(F)c2)cc1)C(N)=O. The standard InChI is InChI=1S/C17H17FN2O3/c1-11(16(19)21)20-17(22)13-5-7-15(8-6-13)23-10-12-3-2-4-14(18)9-12/h2-9,11H,10H2,1H3,(H2,19,21)(H,20,22)/t11-/m0/s1. The summed E-state index contributed by atoms with van der Waals surface area (Å²) in [6.45, 7) is 1.73. The van der Waals surface area contributed by atoms with E-state index in [0.717, 1.165) is 0 Å². The molecule has 3 N–H and O–H groups in total. The topological polar surface area (TPSA) is 81.4 Å². The predicted molar refractivity (Wildman–Crippen MR) is 83.3 cm³/mol. The highest BCUT2D eigenvalue weighted by molar-refractivity contribution is 5.97. The van der Waals surface area contributed by atoms with Gasteiger partial charge in [-0.15, -0.1) is 0 Å². The number of amides is 2. The van der Waals surface area contributed by atoms with Crippen LogP contribution in [0.3, 0.4) is 0 Å². The summed E-state index contributed by atoms with van der Waals surface area (Å²) in [4.78, 5) is 22.8. The average molecular weight is 316 g/mol. The fourth-order valence-corrected chi connectivity index (χ4v) is 1.85. The number of carbonyl (C=O) groups excluding carboxylic acids is 2. The zero-order valence-corrected chi connectivity index (χ0v) is 12.6. The molecule has 0 saturated heterocycles. The van der Waals surface area contributed by atoms with E-state index in [4.69, 9.17) is 10.5 Å². The van der Waals surface area contributed by atoms with Crippen LogP contribution in [0.2, 0.25) is 0 Å². The minimum absolute atomic E-state index is 0.224. The molecule has 0 unspecified atom stereocenters. The molecule has 120 valence electrons. The first kappa shape index (κ1) is 16.5. The Bertz CT molecular complexity index is 701. The first-order chi connectivity index (χ1) is 11.0. The third kappa shape index (κ3) is 4.81. The molecule has 2 amide bonds. The quantitative estimate of drug-likeness (QED) is 0.855. The molecular formula is C17H17FN2O3. The number of halogens is 1. The van der Waals surface area contributed by atoms with E-state index in [1.165, 1.54) is 19.1 Å². The van der Waals surface area contributed by atoms with Crippen molar-refractivity contribution in [3.63, 3.8) is 0 Å². The van der Waals surface area contributed by atoms with Gasteiger partial charge in [0.25, 0.3) is 5.91 Å². The van der Waals surface area contributed by atoms with Gasteiger partial charge in [0.1, 0.15) is 24.2 Å². The van der Waals surface area contributed by atoms with E-state index in [1.54, 1.807) is 36.4 Å². The van der Waals surface area contributed by atoms with Crippen molar-refractivity contribution >= 4 is 11.8 Å². The van der Waals surface area contributed by atoms with Gasteiger partial charge >= 0.3 is 0 Å². The van der Waals surface area contributed by atoms with Crippen molar-refractivity contribution in [3.8, 4) is 5.75 Å². The second kappa shape index (κ2) is 7.40. The van der Waals surface area contributed by atoms with E-state index in [0.29, 0.717) is 16.9 Å². The van der Waals surface area contributed by atoms with Crippen LogP contribution >= 0.6 is 0 Å². The Morgan fingerprint density at radius 1 is 1.22 bits per heavy atom. The van der Waals surface area contributed by atoms with Gasteiger partial charge in [0.15, 0.2) is 0 Å². The van der Waals surface area contributed by atoms with E-state index in [9.17, 15) is 14.0 Å². The van der Waals surface area contributed by atoms with Crippen LogP contribution in [-0.2, 0) is 11.4 Å². The zero-order valence-electron chi connectivity index (χ0n) is 12.6. The average Bonchev–Trinajstić information content (AvgIpc) is 2.53. The second-order valence-electron chi connectivity index (χ2n) is 5.04. The van der Waals surface area contributed by atoms with Crippen LogP contribution in [0.4, 0.5) is 4.39 Å². The lowest BCUT2D eigenvalue weighted by atomic mass is 10.2. The molecule has 23 heavy (non-hydrogen) atoms. The van der Waals surface area contributed by atoms with Gasteiger partial charge in [-0.25, -0.2) is 4.39 Å². The number of nitrogens with two attached hydrogens (primary N) is 1. The normalized spacial score (nSPS) is 11.6. The van der Waals surface area contributed by atoms with Gasteiger partial charge in [-0.1, -0.05) is 12.1 Å². The fourth-order valence-electron chi connectivity index (χ4n) is 1.85. The van der Waals surface area contributed by atoms with Gasteiger partial charge in [-0.2, -0.15) is 0 Å². The Morgan fingerprint density at radius 2 is 1.91 bits per heavy atom. The summed E-state index contributed by atoms with van der Waals surface area (Å²) < 4.78 is 18.6. The van der Waals surface area contributed by atoms with Crippen molar-refractivity contribution in [2.45, 2.75) is 19.6 Å². The largest absolute Gasteiger partial charge is 0.489 e. The molecule has 2 aromatic carbocycles. The molecule has 0 bridgehead atoms. The number of ether oxygens (including phenoxy) is 1. The molecule has 2 rings (SSSR count). The van der Waals surface area contributed by atoms with Gasteiger partial charge in [-0.3, -0.25) is 9.59 Å². The van der Waals surface area contributed by atoms with Gasteiger partial charge in [0.05, 0.1) is 0 Å². The molecule has 0 aliphatic carbocycles. The Balaban J connectivity index is 1.94. The van der Waals surface area contributed by atoms with Crippen LogP contribution in [0, 0.1) is 5.82 Å². The summed E-state index contributed by atoms with van der Waals surface area (Å²) in [6, 6.07) is 11.8. The number of primary amides is 1. The number of carbonyl (C=O) groups is 2. The number of hydrogen-bond acceptors (Lipinski definition) is 3. The first-order valence-electron chi connectivity index (χ1n) is 7.03. The molecule has 5 nitrogen and oxygen atoms in total. The molecule has 0 spiro atoms. The number of hydrogen-bond donors (Lipinski definition) is 2. The molecule has 2 aromatic rings. The van der Waals surface area contributed by atoms with Crippen LogP contribution in [0.5, 0.6) is 5.75 Å². The van der Waals surface area contributed by atoms with Gasteiger partial charge in [0, 0.05) is 5.56 Å². The van der Waals surface area contributed by atoms with Crippen molar-refractivity contribution in [3.05, 3.63) is 65.5 Å². The van der Waals surface area contributed by atoms with Gasteiger partial charge in [-0.05, 0) is 48.9 Å². The number of nitrogens with one attached hydrogen (secondary N) is 1. The summed E-state index contributed by atoms with van der Waals surface area (Å²) >= 11 is 0. The van der Waals surface area contributed by atoms with Crippen molar-refractivity contribution in [2.75, 3.05) is 0 Å². The molecule has 0 fully saturated rings. The fraction of sp³-hybridized carbons (Fsp3) is 0.176. The zero-order chi connectivity index (χ0) is 16.8. The molecule has 1 atom stereocenters. The summed E-state index contributed by atoms with van der Waals surface area (Å²) in [5.74, 6) is -0.767. The highest BCUT2D eigenvalue weighted by Crippen LogP contribution is 2.15. The van der Waals surface area contributed by atoms with Gasteiger partial charge < -0.3 is 15.8 Å². The molecule has 0 aromatic heterocycles. The Hall–Kier alpha value is -2.89. The highest BCUT2D eigenvalue weighted by atomic mass is 19.1. The maximum atomic E-state index is 13.1. The Kier molecular flexibility index (Phi) is 5.30. The summed E-state index contributed by atoms with van der Waals surface area (Å²) in [5.41, 5.74) is 6.19. The number of benzene rings is 2. The lowest BCUT2D eigenvalue weighted by Gasteiger charge is -2.11. The summed E-state index contributed by atoms with van der Waals surface area (Å²) in [6.07, 6.45) is 0. The van der Waals surface area contributed by atoms with Crippen molar-refractivity contribution in [2.24, 2.45) is 5.73 Å². The third-order valence-corrected chi connectivity index (χ3v) is 3.19. The lowest BCUT2D eigenvalue weighted by molar-refractivity contribution is -0.119. The molecule has 6 heteroatoms. The highest BCUT2D eigenvalue weighted by Gasteiger charge is 2.13. The second-order valence-corrected chi connectivity index (χ2v) is 5.04. The lowest BCUT2D eigenvalue weighted by Crippen LogP contribution is -2.42. The van der Waals surface area contributed by atoms with Crippen molar-refractivity contribution in [1.82, 2.24) is 5.32 Å². The van der Waals surface area contributed by atoms with E-state index < -0.39 is 17.9 Å². The summed E-state index contributed by atoms with van der Waals surface area (Å²) in [5, 5.41) is 2.48. The molecule has 0 aliphatic rings. The van der Waals surface area contributed by atoms with Crippen LogP contribution in [0.1, 0.15) is 22.8 Å². The van der Waals surface area contributed by atoms with Crippen molar-refractivity contribution in [1.29, 1.82) is 0 Å². The van der Waals surface area contributed by atoms with Gasteiger partial charge in [0.2, 0.25) is 5.91 Å². The molecular weight excluding hydrogens is 299 g/mol. The maximum absolute atomic E-state index is 13.1. The predicted octanol–water partition coefficient (Wildman–Crippen LogP) is 2.01. The van der Waals surface area contributed by atoms with E-state index in [1.807, 2.05) is 0 Å². The van der Waals surface area contributed by atoms with E-state index >= 15 is 0 Å². The van der Waals surface area contributed by atoms with Crippen LogP contribution in [0.15, 0.2) is 48.5 Å². The smallest absolute Gasteiger partial charge is 0.251 e. The minimum Gasteiger partial charge on any atom is -0.489 e. The number of rotatable bonds is 6. The van der Waals surface area contributed by atoms with E-state index in [-0.39, 0.29) is 12.4 Å². The van der Waals surface area contributed by atoms with Crippen molar-refractivity contribution < 1.29 is 18.7 Å². The molecule has 0 saturated carbocycles. The monoisotopic (exact) mass is 316 g/mol. The molecule has 0 heterocycles.